The van der Waals surface area contributed by atoms with Gasteiger partial charge in [-0.15, -0.1) is 0 Å². The first kappa shape index (κ1) is 20.8. The van der Waals surface area contributed by atoms with Crippen molar-refractivity contribution in [1.29, 1.82) is 0 Å². The van der Waals surface area contributed by atoms with Crippen LogP contribution >= 0.6 is 11.6 Å². The minimum Gasteiger partial charge on any atom is -0.497 e. The Labute approximate surface area is 165 Å². The highest BCUT2D eigenvalue weighted by Crippen LogP contribution is 2.14. The predicted molar refractivity (Wildman–Crippen MR) is 107 cm³/mol. The molecular formula is C21H25ClN2O3. The van der Waals surface area contributed by atoms with Crippen LogP contribution in [0.2, 0.25) is 5.02 Å². The summed E-state index contributed by atoms with van der Waals surface area (Å²) in [6.07, 6.45) is 0.708. The Bertz CT molecular complexity index is 760. The molecule has 0 bridgehead atoms. The molecule has 0 aliphatic heterocycles. The molecule has 5 nitrogen and oxygen atoms in total. The van der Waals surface area contributed by atoms with E-state index in [0.717, 1.165) is 16.9 Å². The highest BCUT2D eigenvalue weighted by molar-refractivity contribution is 6.30. The van der Waals surface area contributed by atoms with Gasteiger partial charge in [0.05, 0.1) is 7.11 Å². The lowest BCUT2D eigenvalue weighted by Gasteiger charge is -2.27. The van der Waals surface area contributed by atoms with E-state index >= 15 is 0 Å². The zero-order valence-corrected chi connectivity index (χ0v) is 16.6. The van der Waals surface area contributed by atoms with Crippen molar-refractivity contribution in [2.24, 2.45) is 0 Å². The normalized spacial score (nSPS) is 11.6. The Morgan fingerprint density at radius 2 is 1.67 bits per heavy atom. The summed E-state index contributed by atoms with van der Waals surface area (Å²) in [5.41, 5.74) is 2.03. The Morgan fingerprint density at radius 3 is 2.22 bits per heavy atom. The van der Waals surface area contributed by atoms with Crippen molar-refractivity contribution in [1.82, 2.24) is 10.2 Å². The average molecular weight is 389 g/mol. The highest BCUT2D eigenvalue weighted by atomic mass is 35.5. The van der Waals surface area contributed by atoms with Gasteiger partial charge in [-0.1, -0.05) is 35.9 Å². The van der Waals surface area contributed by atoms with Gasteiger partial charge in [0.15, 0.2) is 0 Å². The van der Waals surface area contributed by atoms with E-state index in [1.807, 2.05) is 36.4 Å². The molecule has 0 aromatic heterocycles. The maximum Gasteiger partial charge on any atom is 0.242 e. The molecule has 0 aliphatic rings. The van der Waals surface area contributed by atoms with Crippen LogP contribution in [0.1, 0.15) is 25.0 Å². The molecule has 1 unspecified atom stereocenters. The van der Waals surface area contributed by atoms with E-state index in [9.17, 15) is 9.59 Å². The van der Waals surface area contributed by atoms with Crippen LogP contribution in [0, 0.1) is 0 Å². The molecule has 0 fully saturated rings. The molecule has 0 heterocycles. The number of ether oxygens (including phenoxy) is 1. The van der Waals surface area contributed by atoms with Crippen molar-refractivity contribution in [3.63, 3.8) is 0 Å². The third-order valence-electron chi connectivity index (χ3n) is 4.39. The van der Waals surface area contributed by atoms with Crippen LogP contribution in [-0.4, -0.2) is 36.4 Å². The van der Waals surface area contributed by atoms with Gasteiger partial charge in [0.25, 0.3) is 0 Å². The SMILES string of the molecule is COc1ccc(CCNC(=O)C(C)N(Cc2ccc(Cl)cc2)C(C)=O)cc1. The van der Waals surface area contributed by atoms with Crippen LogP contribution in [0.5, 0.6) is 5.75 Å². The number of nitrogens with zero attached hydrogens (tertiary/aromatic N) is 1. The second kappa shape index (κ2) is 9.97. The van der Waals surface area contributed by atoms with Crippen molar-refractivity contribution in [3.05, 3.63) is 64.7 Å². The summed E-state index contributed by atoms with van der Waals surface area (Å²) >= 11 is 5.90. The van der Waals surface area contributed by atoms with Crippen molar-refractivity contribution in [2.75, 3.05) is 13.7 Å². The van der Waals surface area contributed by atoms with E-state index in [-0.39, 0.29) is 11.8 Å². The summed E-state index contributed by atoms with van der Waals surface area (Å²) in [6.45, 7) is 4.07. The third kappa shape index (κ3) is 6.29. The van der Waals surface area contributed by atoms with Gasteiger partial charge in [0.1, 0.15) is 11.8 Å². The molecule has 1 atom stereocenters. The third-order valence-corrected chi connectivity index (χ3v) is 4.64. The Kier molecular flexibility index (Phi) is 7.67. The zero-order valence-electron chi connectivity index (χ0n) is 15.9. The van der Waals surface area contributed by atoms with Gasteiger partial charge in [-0.25, -0.2) is 0 Å². The molecule has 2 aromatic rings. The minimum absolute atomic E-state index is 0.150. The van der Waals surface area contributed by atoms with Crippen LogP contribution in [-0.2, 0) is 22.6 Å². The molecule has 0 aliphatic carbocycles. The molecule has 1 N–H and O–H groups in total. The standard InChI is InChI=1S/C21H25ClN2O3/c1-15(24(16(2)25)14-18-4-8-19(22)9-5-18)21(26)23-13-12-17-6-10-20(27-3)11-7-17/h4-11,15H,12-14H2,1-3H3,(H,23,26). The predicted octanol–water partition coefficient (Wildman–Crippen LogP) is 3.44. The lowest BCUT2D eigenvalue weighted by atomic mass is 10.1. The quantitative estimate of drug-likeness (QED) is 0.753. The first-order valence-corrected chi connectivity index (χ1v) is 9.21. The largest absolute Gasteiger partial charge is 0.497 e. The topological polar surface area (TPSA) is 58.6 Å². The van der Waals surface area contributed by atoms with E-state index in [4.69, 9.17) is 16.3 Å². The molecule has 0 saturated carbocycles. The number of hydrogen-bond acceptors (Lipinski definition) is 3. The van der Waals surface area contributed by atoms with Crippen LogP contribution < -0.4 is 10.1 Å². The summed E-state index contributed by atoms with van der Waals surface area (Å²) in [4.78, 5) is 26.1. The number of carbonyl (C=O) groups excluding carboxylic acids is 2. The lowest BCUT2D eigenvalue weighted by Crippen LogP contribution is -2.47. The van der Waals surface area contributed by atoms with Crippen LogP contribution in [0.4, 0.5) is 0 Å². The summed E-state index contributed by atoms with van der Waals surface area (Å²) in [6, 6.07) is 14.4. The van der Waals surface area contributed by atoms with Crippen LogP contribution in [0.15, 0.2) is 48.5 Å². The average Bonchev–Trinajstić information content (AvgIpc) is 2.67. The lowest BCUT2D eigenvalue weighted by molar-refractivity contribution is -0.138. The Balaban J connectivity index is 1.89. The van der Waals surface area contributed by atoms with Crippen LogP contribution in [0.3, 0.4) is 0 Å². The second-order valence-corrected chi connectivity index (χ2v) is 6.77. The number of halogens is 1. The first-order chi connectivity index (χ1) is 12.9. The van der Waals surface area contributed by atoms with Gasteiger partial charge < -0.3 is 15.0 Å². The van der Waals surface area contributed by atoms with Crippen molar-refractivity contribution < 1.29 is 14.3 Å². The van der Waals surface area contributed by atoms with Crippen molar-refractivity contribution in [2.45, 2.75) is 32.9 Å². The second-order valence-electron chi connectivity index (χ2n) is 6.34. The molecule has 0 saturated heterocycles. The summed E-state index contributed by atoms with van der Waals surface area (Å²) in [5.74, 6) is 0.478. The van der Waals surface area contributed by atoms with E-state index in [1.165, 1.54) is 6.92 Å². The molecule has 2 amide bonds. The van der Waals surface area contributed by atoms with E-state index in [2.05, 4.69) is 5.32 Å². The molecule has 144 valence electrons. The van der Waals surface area contributed by atoms with Crippen molar-refractivity contribution in [3.8, 4) is 5.75 Å². The zero-order chi connectivity index (χ0) is 19.8. The monoisotopic (exact) mass is 388 g/mol. The van der Waals surface area contributed by atoms with Gasteiger partial charge in [0.2, 0.25) is 11.8 Å². The maximum atomic E-state index is 12.5. The van der Waals surface area contributed by atoms with Crippen molar-refractivity contribution >= 4 is 23.4 Å². The smallest absolute Gasteiger partial charge is 0.242 e. The fraction of sp³-hybridized carbons (Fsp3) is 0.333. The minimum atomic E-state index is -0.561. The number of amides is 2. The molecule has 6 heteroatoms. The fourth-order valence-electron chi connectivity index (χ4n) is 2.72. The molecule has 27 heavy (non-hydrogen) atoms. The van der Waals surface area contributed by atoms with E-state index in [0.29, 0.717) is 24.5 Å². The maximum absolute atomic E-state index is 12.5. The van der Waals surface area contributed by atoms with Gasteiger partial charge in [0, 0.05) is 25.0 Å². The van der Waals surface area contributed by atoms with Gasteiger partial charge in [-0.3, -0.25) is 9.59 Å². The highest BCUT2D eigenvalue weighted by Gasteiger charge is 2.23. The van der Waals surface area contributed by atoms with Crippen LogP contribution in [0.25, 0.3) is 0 Å². The number of benzene rings is 2. The summed E-state index contributed by atoms with van der Waals surface area (Å²) in [7, 11) is 1.63. The van der Waals surface area contributed by atoms with E-state index < -0.39 is 6.04 Å². The Hall–Kier alpha value is -2.53. The van der Waals surface area contributed by atoms with Gasteiger partial charge in [-0.2, -0.15) is 0 Å². The summed E-state index contributed by atoms with van der Waals surface area (Å²) in [5, 5.41) is 3.54. The fourth-order valence-corrected chi connectivity index (χ4v) is 2.84. The summed E-state index contributed by atoms with van der Waals surface area (Å²) < 4.78 is 5.13. The Morgan fingerprint density at radius 1 is 1.07 bits per heavy atom. The number of rotatable bonds is 8. The molecule has 2 rings (SSSR count). The number of hydrogen-bond donors (Lipinski definition) is 1. The number of carbonyl (C=O) groups is 2. The number of methoxy groups -OCH3 is 1. The molecule has 2 aromatic carbocycles. The van der Waals surface area contributed by atoms with Gasteiger partial charge >= 0.3 is 0 Å². The molecular weight excluding hydrogens is 364 g/mol. The first-order valence-electron chi connectivity index (χ1n) is 8.83. The van der Waals surface area contributed by atoms with E-state index in [1.54, 1.807) is 31.1 Å². The van der Waals surface area contributed by atoms with Gasteiger partial charge in [-0.05, 0) is 48.7 Å². The number of nitrogens with one attached hydrogen (secondary N) is 1. The molecule has 0 spiro atoms. The molecule has 0 radical (unpaired) electrons.